The lowest BCUT2D eigenvalue weighted by molar-refractivity contribution is 0.0489. The van der Waals surface area contributed by atoms with Gasteiger partial charge in [-0.3, -0.25) is 4.79 Å². The molecular weight excluding hydrogens is 488 g/mol. The van der Waals surface area contributed by atoms with Crippen LogP contribution in [0.3, 0.4) is 0 Å². The van der Waals surface area contributed by atoms with Gasteiger partial charge in [0.05, 0.1) is 17.1 Å². The molecule has 3 atom stereocenters. The van der Waals surface area contributed by atoms with E-state index in [4.69, 9.17) is 27.1 Å². The third-order valence-electron chi connectivity index (χ3n) is 5.71. The predicted molar refractivity (Wildman–Crippen MR) is 145 cm³/mol. The van der Waals surface area contributed by atoms with Crippen LogP contribution in [-0.2, 0) is 9.16 Å². The normalized spacial score (nSPS) is 15.4. The lowest BCUT2D eigenvalue weighted by Crippen LogP contribution is -2.55. The summed E-state index contributed by atoms with van der Waals surface area (Å²) >= 11 is 6.54. The number of nitrogens with two attached hydrogens (primary N) is 1. The van der Waals surface area contributed by atoms with Crippen LogP contribution in [0.15, 0.2) is 5.38 Å². The van der Waals surface area contributed by atoms with Crippen molar-refractivity contribution in [2.45, 2.75) is 104 Å². The summed E-state index contributed by atoms with van der Waals surface area (Å²) in [5.41, 5.74) is 5.58. The fourth-order valence-electron chi connectivity index (χ4n) is 2.83. The number of thiocarbonyl (C=S) groups is 1. The van der Waals surface area contributed by atoms with Crippen molar-refractivity contribution < 1.29 is 18.8 Å². The van der Waals surface area contributed by atoms with Crippen LogP contribution in [-0.4, -0.2) is 48.0 Å². The summed E-state index contributed by atoms with van der Waals surface area (Å²) in [6.45, 7) is 21.9. The molecule has 0 saturated heterocycles. The van der Waals surface area contributed by atoms with Gasteiger partial charge in [0, 0.05) is 5.38 Å². The van der Waals surface area contributed by atoms with E-state index in [9.17, 15) is 9.59 Å². The largest absolute Gasteiger partial charge is 0.444 e. The van der Waals surface area contributed by atoms with Gasteiger partial charge in [0.25, 0.3) is 5.91 Å². The molecule has 0 aromatic carbocycles. The molecule has 0 aliphatic carbocycles. The molecule has 0 unspecified atom stereocenters. The summed E-state index contributed by atoms with van der Waals surface area (Å²) in [7, 11) is -2.10. The molecule has 1 rings (SSSR count). The van der Waals surface area contributed by atoms with Crippen LogP contribution in [0.4, 0.5) is 4.79 Å². The Morgan fingerprint density at radius 3 is 2.12 bits per heavy atom. The van der Waals surface area contributed by atoms with Crippen LogP contribution in [0.1, 0.15) is 83.9 Å². The average Bonchev–Trinajstić information content (AvgIpc) is 3.10. The molecule has 1 aromatic heterocycles. The zero-order valence-corrected chi connectivity index (χ0v) is 25.0. The van der Waals surface area contributed by atoms with Gasteiger partial charge in [-0.15, -0.1) is 11.3 Å². The number of amides is 2. The van der Waals surface area contributed by atoms with E-state index in [0.29, 0.717) is 5.01 Å². The Kier molecular flexibility index (Phi) is 10.3. The molecule has 194 valence electrons. The molecule has 0 aliphatic rings. The lowest BCUT2D eigenvalue weighted by Gasteiger charge is -2.40. The SMILES string of the molecule is CC(C)[C@@H](NC(=O)OC(C)(C)C)c1nc(C(=O)N[C@H](C(N)=S)[C@@H](C)O[Si](C)(C)C(C)(C)C)cs1. The van der Waals surface area contributed by atoms with Gasteiger partial charge in [0.15, 0.2) is 8.32 Å². The molecule has 4 N–H and O–H groups in total. The molecule has 0 bridgehead atoms. The number of ether oxygens (including phenoxy) is 1. The van der Waals surface area contributed by atoms with Crippen molar-refractivity contribution >= 4 is 48.9 Å². The molecule has 0 fully saturated rings. The van der Waals surface area contributed by atoms with E-state index in [1.807, 2.05) is 20.8 Å². The maximum Gasteiger partial charge on any atom is 0.408 e. The van der Waals surface area contributed by atoms with Crippen LogP contribution < -0.4 is 16.4 Å². The highest BCUT2D eigenvalue weighted by atomic mass is 32.1. The quantitative estimate of drug-likeness (QED) is 0.298. The summed E-state index contributed by atoms with van der Waals surface area (Å²) in [6.07, 6.45) is -0.921. The molecule has 0 spiro atoms. The van der Waals surface area contributed by atoms with Gasteiger partial charge >= 0.3 is 6.09 Å². The van der Waals surface area contributed by atoms with E-state index in [1.54, 1.807) is 26.2 Å². The molecule has 0 radical (unpaired) electrons. The number of nitrogens with one attached hydrogen (secondary N) is 2. The van der Waals surface area contributed by atoms with Crippen molar-refractivity contribution in [3.05, 3.63) is 16.1 Å². The maximum absolute atomic E-state index is 13.0. The van der Waals surface area contributed by atoms with Gasteiger partial charge in [-0.05, 0) is 51.7 Å². The first-order chi connectivity index (χ1) is 15.2. The second-order valence-corrected chi connectivity index (χ2v) is 17.5. The second-order valence-electron chi connectivity index (χ2n) is 11.4. The minimum atomic E-state index is -2.10. The Hall–Kier alpha value is -1.56. The summed E-state index contributed by atoms with van der Waals surface area (Å²) in [4.78, 5) is 29.9. The maximum atomic E-state index is 13.0. The molecule has 8 nitrogen and oxygen atoms in total. The Labute approximate surface area is 214 Å². The fourth-order valence-corrected chi connectivity index (χ4v) is 5.52. The highest BCUT2D eigenvalue weighted by Gasteiger charge is 2.40. The standard InChI is InChI=1S/C23H42N4O4S2Si/c1-13(2)16(27-21(29)30-22(4,5)6)20-25-15(12-33-20)19(28)26-17(18(24)32)14(3)31-34(10,11)23(7,8)9/h12-14,16-17H,1-11H3,(H2,24,32)(H,26,28)(H,27,29)/t14-,16-,17+/m1/s1. The topological polar surface area (TPSA) is 116 Å². The first kappa shape index (κ1) is 30.5. The Balaban J connectivity index is 3.00. The van der Waals surface area contributed by atoms with Gasteiger partial charge in [0.2, 0.25) is 0 Å². The summed E-state index contributed by atoms with van der Waals surface area (Å²) < 4.78 is 11.8. The van der Waals surface area contributed by atoms with E-state index < -0.39 is 44.1 Å². The Bertz CT molecular complexity index is 875. The molecule has 1 heterocycles. The van der Waals surface area contributed by atoms with E-state index in [1.165, 1.54) is 11.3 Å². The van der Waals surface area contributed by atoms with E-state index in [0.717, 1.165) is 0 Å². The highest BCUT2D eigenvalue weighted by Crippen LogP contribution is 2.37. The first-order valence-electron chi connectivity index (χ1n) is 11.5. The number of hydrogen-bond acceptors (Lipinski definition) is 7. The van der Waals surface area contributed by atoms with Gasteiger partial charge in [-0.25, -0.2) is 9.78 Å². The fraction of sp³-hybridized carbons (Fsp3) is 0.739. The first-order valence-corrected chi connectivity index (χ1v) is 15.7. The Morgan fingerprint density at radius 2 is 1.68 bits per heavy atom. The van der Waals surface area contributed by atoms with Crippen molar-refractivity contribution in [3.8, 4) is 0 Å². The average molecular weight is 531 g/mol. The van der Waals surface area contributed by atoms with Gasteiger partial charge in [-0.2, -0.15) is 0 Å². The highest BCUT2D eigenvalue weighted by molar-refractivity contribution is 7.80. The number of aromatic nitrogens is 1. The van der Waals surface area contributed by atoms with Crippen LogP contribution in [0.25, 0.3) is 0 Å². The summed E-state index contributed by atoms with van der Waals surface area (Å²) in [6, 6.07) is -1.03. The van der Waals surface area contributed by atoms with E-state index in [-0.39, 0.29) is 21.6 Å². The third-order valence-corrected chi connectivity index (χ3v) is 11.5. The van der Waals surface area contributed by atoms with Crippen molar-refractivity contribution in [2.75, 3.05) is 0 Å². The minimum absolute atomic E-state index is 0.00283. The number of carbonyl (C=O) groups is 2. The summed E-state index contributed by atoms with van der Waals surface area (Å²) in [5, 5.41) is 8.02. The number of hydrogen-bond donors (Lipinski definition) is 3. The number of alkyl carbamates (subject to hydrolysis) is 1. The van der Waals surface area contributed by atoms with Crippen LogP contribution >= 0.6 is 23.6 Å². The van der Waals surface area contributed by atoms with Gasteiger partial charge in [-0.1, -0.05) is 46.8 Å². The van der Waals surface area contributed by atoms with Crippen molar-refractivity contribution in [2.24, 2.45) is 11.7 Å². The minimum Gasteiger partial charge on any atom is -0.444 e. The van der Waals surface area contributed by atoms with Crippen LogP contribution in [0.2, 0.25) is 18.1 Å². The molecule has 11 heteroatoms. The van der Waals surface area contributed by atoms with E-state index >= 15 is 0 Å². The van der Waals surface area contributed by atoms with E-state index in [2.05, 4.69) is 49.5 Å². The number of nitrogens with zero attached hydrogens (tertiary/aromatic N) is 1. The molecule has 34 heavy (non-hydrogen) atoms. The van der Waals surface area contributed by atoms with Gasteiger partial charge < -0.3 is 25.5 Å². The number of carbonyl (C=O) groups excluding carboxylic acids is 2. The second kappa shape index (κ2) is 11.4. The van der Waals surface area contributed by atoms with Crippen LogP contribution in [0, 0.1) is 5.92 Å². The monoisotopic (exact) mass is 530 g/mol. The van der Waals surface area contributed by atoms with Crippen LogP contribution in [0.5, 0.6) is 0 Å². The third kappa shape index (κ3) is 8.90. The Morgan fingerprint density at radius 1 is 1.12 bits per heavy atom. The molecule has 1 aromatic rings. The molecule has 0 aliphatic heterocycles. The molecular formula is C23H42N4O4S2Si. The molecule has 0 saturated carbocycles. The van der Waals surface area contributed by atoms with Gasteiger partial charge in [0.1, 0.15) is 22.3 Å². The smallest absolute Gasteiger partial charge is 0.408 e. The lowest BCUT2D eigenvalue weighted by atomic mass is 10.1. The molecule has 2 amide bonds. The zero-order chi connectivity index (χ0) is 26.6. The van der Waals surface area contributed by atoms with Crippen molar-refractivity contribution in [3.63, 3.8) is 0 Å². The number of thiazole rings is 1. The number of rotatable bonds is 9. The summed E-state index contributed by atoms with van der Waals surface area (Å²) in [5.74, 6) is -0.359. The zero-order valence-electron chi connectivity index (χ0n) is 22.4. The van der Waals surface area contributed by atoms with Crippen molar-refractivity contribution in [1.82, 2.24) is 15.6 Å². The predicted octanol–water partition coefficient (Wildman–Crippen LogP) is 5.16. The van der Waals surface area contributed by atoms with Crippen molar-refractivity contribution in [1.29, 1.82) is 0 Å².